The van der Waals surface area contributed by atoms with Crippen molar-refractivity contribution in [2.75, 3.05) is 6.61 Å². The third-order valence-electron chi connectivity index (χ3n) is 0.795. The van der Waals surface area contributed by atoms with Crippen molar-refractivity contribution < 1.29 is 10.2 Å². The monoisotopic (exact) mass is 114 g/mol. The Labute approximate surface area is 50.2 Å². The molecule has 2 N–H and O–H groups in total. The van der Waals surface area contributed by atoms with Gasteiger partial charge in [0.05, 0.1) is 12.7 Å². The maximum absolute atomic E-state index is 8.72. The lowest BCUT2D eigenvalue weighted by Gasteiger charge is -2.03. The summed E-state index contributed by atoms with van der Waals surface area (Å²) in [5.41, 5.74) is 0.895. The lowest BCUT2D eigenvalue weighted by atomic mass is 9.92. The smallest absolute Gasteiger partial charge is 0.133 e. The fourth-order valence-electron chi connectivity index (χ4n) is 0.467. The summed E-state index contributed by atoms with van der Waals surface area (Å²) < 4.78 is 0. The summed E-state index contributed by atoms with van der Waals surface area (Å²) >= 11 is 0. The van der Waals surface area contributed by atoms with E-state index in [-0.39, 0.29) is 6.61 Å². The average Bonchev–Trinajstić information content (AvgIpc) is 1.65. The molecule has 0 aromatic heterocycles. The molecule has 0 saturated heterocycles. The van der Waals surface area contributed by atoms with Crippen molar-refractivity contribution in [3.05, 3.63) is 12.1 Å². The lowest BCUT2D eigenvalue weighted by Crippen LogP contribution is -2.12. The molecule has 0 radical (unpaired) electrons. The third-order valence-corrected chi connectivity index (χ3v) is 0.795. The molecule has 1 atom stereocenters. The molecule has 8 heavy (non-hydrogen) atoms. The molecule has 0 aliphatic carbocycles. The summed E-state index contributed by atoms with van der Waals surface area (Å²) in [4.78, 5) is 0. The maximum atomic E-state index is 8.72. The fourth-order valence-corrected chi connectivity index (χ4v) is 0.467. The van der Waals surface area contributed by atoms with Gasteiger partial charge in [-0.3, -0.25) is 0 Å². The SMILES string of the molecule is BC(=C)C[C@H](O)CO. The standard InChI is InChI=1S/C5H11BO2/c1-4(6)2-5(8)3-7/h5,7-8H,1-3,6H2/t5-/m0/s1. The van der Waals surface area contributed by atoms with Crippen LogP contribution in [0.2, 0.25) is 0 Å². The first-order valence-electron chi connectivity index (χ1n) is 2.60. The Kier molecular flexibility index (Phi) is 3.57. The lowest BCUT2D eigenvalue weighted by molar-refractivity contribution is 0.0968. The van der Waals surface area contributed by atoms with Gasteiger partial charge in [-0.05, 0) is 6.42 Å². The van der Waals surface area contributed by atoms with E-state index in [1.165, 1.54) is 0 Å². The Balaban J connectivity index is 3.24. The first kappa shape index (κ1) is 7.72. The second-order valence-electron chi connectivity index (χ2n) is 2.00. The number of hydrogen-bond acceptors (Lipinski definition) is 2. The molecular formula is C5H11BO2. The summed E-state index contributed by atoms with van der Waals surface area (Å²) in [6, 6.07) is 0. The van der Waals surface area contributed by atoms with Crippen LogP contribution in [-0.2, 0) is 0 Å². The zero-order valence-electron chi connectivity index (χ0n) is 5.09. The molecule has 0 saturated carbocycles. The van der Waals surface area contributed by atoms with Crippen LogP contribution in [0.3, 0.4) is 0 Å². The van der Waals surface area contributed by atoms with Crippen LogP contribution in [0.1, 0.15) is 6.42 Å². The third kappa shape index (κ3) is 3.90. The molecule has 0 aliphatic heterocycles. The van der Waals surface area contributed by atoms with Crippen molar-refractivity contribution in [1.82, 2.24) is 0 Å². The molecular weight excluding hydrogens is 103 g/mol. The van der Waals surface area contributed by atoms with Gasteiger partial charge in [-0.2, -0.15) is 0 Å². The van der Waals surface area contributed by atoms with Crippen LogP contribution in [0.5, 0.6) is 0 Å². The molecule has 46 valence electrons. The minimum Gasteiger partial charge on any atom is -0.394 e. The molecule has 3 heteroatoms. The first-order chi connectivity index (χ1) is 3.66. The highest BCUT2D eigenvalue weighted by molar-refractivity contribution is 6.21. The maximum Gasteiger partial charge on any atom is 0.133 e. The molecule has 0 amide bonds. The van der Waals surface area contributed by atoms with Gasteiger partial charge in [0.25, 0.3) is 0 Å². The van der Waals surface area contributed by atoms with Crippen LogP contribution in [-0.4, -0.2) is 30.8 Å². The average molecular weight is 114 g/mol. The van der Waals surface area contributed by atoms with E-state index in [0.29, 0.717) is 6.42 Å². The van der Waals surface area contributed by atoms with Gasteiger partial charge in [0.15, 0.2) is 0 Å². The van der Waals surface area contributed by atoms with E-state index in [9.17, 15) is 0 Å². The van der Waals surface area contributed by atoms with E-state index in [0.717, 1.165) is 5.47 Å². The summed E-state index contributed by atoms with van der Waals surface area (Å²) in [7, 11) is 1.82. The van der Waals surface area contributed by atoms with Gasteiger partial charge < -0.3 is 10.2 Å². The van der Waals surface area contributed by atoms with E-state index in [2.05, 4.69) is 6.58 Å². The van der Waals surface area contributed by atoms with Gasteiger partial charge in [-0.1, -0.05) is 0 Å². The predicted molar refractivity (Wildman–Crippen MR) is 35.4 cm³/mol. The second kappa shape index (κ2) is 3.69. The van der Waals surface area contributed by atoms with Crippen molar-refractivity contribution in [3.8, 4) is 0 Å². The van der Waals surface area contributed by atoms with Crippen molar-refractivity contribution in [2.45, 2.75) is 12.5 Å². The number of aliphatic hydroxyl groups is 2. The Bertz CT molecular complexity index is 82.5. The fraction of sp³-hybridized carbons (Fsp3) is 0.600. The Morgan fingerprint density at radius 2 is 2.25 bits per heavy atom. The van der Waals surface area contributed by atoms with Crippen molar-refractivity contribution in [2.24, 2.45) is 0 Å². The van der Waals surface area contributed by atoms with Gasteiger partial charge in [0.1, 0.15) is 7.85 Å². The number of aliphatic hydroxyl groups excluding tert-OH is 2. The molecule has 0 fully saturated rings. The van der Waals surface area contributed by atoms with Gasteiger partial charge in [0.2, 0.25) is 0 Å². The van der Waals surface area contributed by atoms with Crippen molar-refractivity contribution in [3.63, 3.8) is 0 Å². The Morgan fingerprint density at radius 3 is 2.38 bits per heavy atom. The molecule has 0 aliphatic rings. The van der Waals surface area contributed by atoms with E-state index >= 15 is 0 Å². The zero-order chi connectivity index (χ0) is 6.57. The van der Waals surface area contributed by atoms with Gasteiger partial charge in [0, 0.05) is 0 Å². The molecule has 0 unspecified atom stereocenters. The molecule has 2 nitrogen and oxygen atoms in total. The molecule has 0 aromatic carbocycles. The van der Waals surface area contributed by atoms with Crippen molar-refractivity contribution in [1.29, 1.82) is 0 Å². The Morgan fingerprint density at radius 1 is 1.75 bits per heavy atom. The van der Waals surface area contributed by atoms with Crippen LogP contribution >= 0.6 is 0 Å². The molecule has 0 spiro atoms. The van der Waals surface area contributed by atoms with Crippen LogP contribution in [0.25, 0.3) is 0 Å². The predicted octanol–water partition coefficient (Wildman–Crippen LogP) is -1.12. The highest BCUT2D eigenvalue weighted by Gasteiger charge is 1.99. The largest absolute Gasteiger partial charge is 0.394 e. The first-order valence-corrected chi connectivity index (χ1v) is 2.60. The van der Waals surface area contributed by atoms with E-state index in [1.54, 1.807) is 0 Å². The van der Waals surface area contributed by atoms with Crippen molar-refractivity contribution >= 4 is 7.85 Å². The highest BCUT2D eigenvalue weighted by atomic mass is 16.3. The van der Waals surface area contributed by atoms with Gasteiger partial charge in [-0.15, -0.1) is 12.1 Å². The van der Waals surface area contributed by atoms with Gasteiger partial charge >= 0.3 is 0 Å². The quantitative estimate of drug-likeness (QED) is 0.456. The van der Waals surface area contributed by atoms with Crippen LogP contribution < -0.4 is 0 Å². The minimum atomic E-state index is -0.618. The summed E-state index contributed by atoms with van der Waals surface area (Å²) in [5, 5.41) is 17.0. The molecule has 0 aromatic rings. The Hall–Kier alpha value is -0.275. The second-order valence-corrected chi connectivity index (χ2v) is 2.00. The minimum absolute atomic E-state index is 0.174. The number of rotatable bonds is 3. The topological polar surface area (TPSA) is 40.5 Å². The van der Waals surface area contributed by atoms with E-state index in [1.807, 2.05) is 7.85 Å². The van der Waals surface area contributed by atoms with Crippen LogP contribution in [0, 0.1) is 0 Å². The summed E-state index contributed by atoms with van der Waals surface area (Å²) in [6.45, 7) is 3.40. The summed E-state index contributed by atoms with van der Waals surface area (Å²) in [5.74, 6) is 0. The zero-order valence-corrected chi connectivity index (χ0v) is 5.09. The number of hydrogen-bond donors (Lipinski definition) is 2. The van der Waals surface area contributed by atoms with Crippen LogP contribution in [0.4, 0.5) is 0 Å². The van der Waals surface area contributed by atoms with E-state index in [4.69, 9.17) is 10.2 Å². The molecule has 0 rings (SSSR count). The summed E-state index contributed by atoms with van der Waals surface area (Å²) in [6.07, 6.45) is -0.122. The highest BCUT2D eigenvalue weighted by Crippen LogP contribution is 1.95. The molecule has 0 bridgehead atoms. The normalized spacial score (nSPS) is 13.2. The molecule has 0 heterocycles. The van der Waals surface area contributed by atoms with Crippen LogP contribution in [0.15, 0.2) is 12.1 Å². The van der Waals surface area contributed by atoms with Gasteiger partial charge in [-0.25, -0.2) is 0 Å². The van der Waals surface area contributed by atoms with E-state index < -0.39 is 6.10 Å².